The topological polar surface area (TPSA) is 104 Å². The Bertz CT molecular complexity index is 1070. The Hall–Kier alpha value is -3.30. The first-order chi connectivity index (χ1) is 12.6. The lowest BCUT2D eigenvalue weighted by atomic mass is 9.80. The first-order valence-corrected chi connectivity index (χ1v) is 7.74. The van der Waals surface area contributed by atoms with Crippen LogP contribution in [0, 0.1) is 0 Å². The molecular formula is C17H14F3N3O4. The highest BCUT2D eigenvalue weighted by Crippen LogP contribution is 2.44. The highest BCUT2D eigenvalue weighted by Gasteiger charge is 2.41. The first-order valence-electron chi connectivity index (χ1n) is 7.74. The maximum absolute atomic E-state index is 13.6. The number of halogens is 3. The number of alkyl halides is 3. The summed E-state index contributed by atoms with van der Waals surface area (Å²) in [5, 5.41) is 2.69. The molecule has 0 radical (unpaired) electrons. The minimum absolute atomic E-state index is 0.0733. The Balaban J connectivity index is 2.40. The zero-order chi connectivity index (χ0) is 19.9. The van der Waals surface area contributed by atoms with Gasteiger partial charge in [-0.05, 0) is 18.6 Å². The number of hydrogen-bond donors (Lipinski definition) is 3. The SMILES string of the molecule is COC(=O)C1=C(C)Nc2[nH]c(=O)[nH]c(=O)c2C1c1ccccc1C(F)(F)F. The number of benzene rings is 1. The van der Waals surface area contributed by atoms with Crippen molar-refractivity contribution in [1.29, 1.82) is 0 Å². The molecule has 1 aromatic heterocycles. The van der Waals surface area contributed by atoms with Crippen LogP contribution in [0.25, 0.3) is 0 Å². The van der Waals surface area contributed by atoms with Gasteiger partial charge in [0.1, 0.15) is 5.82 Å². The molecule has 2 aromatic rings. The molecule has 1 aliphatic heterocycles. The van der Waals surface area contributed by atoms with E-state index in [0.717, 1.165) is 13.2 Å². The molecule has 142 valence electrons. The van der Waals surface area contributed by atoms with E-state index in [0.29, 0.717) is 0 Å². The minimum Gasteiger partial charge on any atom is -0.466 e. The van der Waals surface area contributed by atoms with Gasteiger partial charge in [-0.3, -0.25) is 14.8 Å². The van der Waals surface area contributed by atoms with Gasteiger partial charge < -0.3 is 10.1 Å². The van der Waals surface area contributed by atoms with Crippen LogP contribution in [0.2, 0.25) is 0 Å². The molecule has 0 spiro atoms. The van der Waals surface area contributed by atoms with E-state index in [4.69, 9.17) is 4.74 Å². The molecule has 0 saturated heterocycles. The van der Waals surface area contributed by atoms with E-state index in [1.54, 1.807) is 0 Å². The van der Waals surface area contributed by atoms with Crippen molar-refractivity contribution in [2.24, 2.45) is 0 Å². The van der Waals surface area contributed by atoms with Gasteiger partial charge in [0.25, 0.3) is 5.56 Å². The lowest BCUT2D eigenvalue weighted by Gasteiger charge is -2.30. The van der Waals surface area contributed by atoms with Crippen LogP contribution in [0.4, 0.5) is 19.0 Å². The molecule has 3 rings (SSSR count). The van der Waals surface area contributed by atoms with E-state index in [1.807, 2.05) is 4.98 Å². The molecule has 0 bridgehead atoms. The van der Waals surface area contributed by atoms with E-state index in [9.17, 15) is 27.6 Å². The highest BCUT2D eigenvalue weighted by atomic mass is 19.4. The molecule has 27 heavy (non-hydrogen) atoms. The summed E-state index contributed by atoms with van der Waals surface area (Å²) in [6.45, 7) is 1.44. The number of H-pyrrole nitrogens is 2. The molecule has 1 atom stereocenters. The fourth-order valence-electron chi connectivity index (χ4n) is 3.18. The van der Waals surface area contributed by atoms with E-state index < -0.39 is 34.9 Å². The van der Waals surface area contributed by atoms with Crippen LogP contribution in [0.1, 0.15) is 29.5 Å². The molecule has 7 nitrogen and oxygen atoms in total. The monoisotopic (exact) mass is 381 g/mol. The van der Waals surface area contributed by atoms with Gasteiger partial charge in [-0.1, -0.05) is 18.2 Å². The fraction of sp³-hybridized carbons (Fsp3) is 0.235. The Morgan fingerprint density at radius 3 is 2.44 bits per heavy atom. The number of anilines is 1. The highest BCUT2D eigenvalue weighted by molar-refractivity contribution is 5.94. The lowest BCUT2D eigenvalue weighted by molar-refractivity contribution is -0.139. The molecule has 0 aliphatic carbocycles. The van der Waals surface area contributed by atoms with Crippen LogP contribution < -0.4 is 16.6 Å². The second-order valence-corrected chi connectivity index (χ2v) is 5.87. The van der Waals surface area contributed by atoms with Gasteiger partial charge in [0.15, 0.2) is 0 Å². The Morgan fingerprint density at radius 1 is 1.15 bits per heavy atom. The second-order valence-electron chi connectivity index (χ2n) is 5.87. The molecule has 1 aromatic carbocycles. The van der Waals surface area contributed by atoms with Crippen molar-refractivity contribution < 1.29 is 22.7 Å². The molecule has 1 unspecified atom stereocenters. The first kappa shape index (κ1) is 18.5. The normalized spacial score (nSPS) is 16.6. The Kier molecular flexibility index (Phi) is 4.42. The number of rotatable bonds is 2. The summed E-state index contributed by atoms with van der Waals surface area (Å²) in [6.07, 6.45) is -4.72. The molecule has 1 aliphatic rings. The standard InChI is InChI=1S/C17H14F3N3O4/c1-7-10(15(25)27-2)11(8-5-3-4-6-9(8)17(18,19)20)12-13(21-7)22-16(26)23-14(12)24/h3-6,11H,1-2H3,(H3,21,22,23,24,26). The molecule has 0 fully saturated rings. The average molecular weight is 381 g/mol. The van der Waals surface area contributed by atoms with Crippen molar-refractivity contribution >= 4 is 11.8 Å². The predicted octanol–water partition coefficient (Wildman–Crippen LogP) is 2.09. The molecular weight excluding hydrogens is 367 g/mol. The van der Waals surface area contributed by atoms with Gasteiger partial charge in [-0.25, -0.2) is 9.59 Å². The van der Waals surface area contributed by atoms with Gasteiger partial charge >= 0.3 is 17.8 Å². The van der Waals surface area contributed by atoms with Gasteiger partial charge in [0.05, 0.1) is 29.7 Å². The summed E-state index contributed by atoms with van der Waals surface area (Å²) < 4.78 is 45.4. The molecule has 0 amide bonds. The summed E-state index contributed by atoms with van der Waals surface area (Å²) in [4.78, 5) is 40.6. The lowest BCUT2D eigenvalue weighted by Crippen LogP contribution is -2.35. The van der Waals surface area contributed by atoms with Crippen molar-refractivity contribution in [3.8, 4) is 0 Å². The quantitative estimate of drug-likeness (QED) is 0.691. The number of fused-ring (bicyclic) bond motifs is 1. The van der Waals surface area contributed by atoms with Crippen LogP contribution in [0.15, 0.2) is 45.1 Å². The molecule has 3 N–H and O–H groups in total. The van der Waals surface area contributed by atoms with Crippen LogP contribution in [-0.2, 0) is 15.7 Å². The van der Waals surface area contributed by atoms with Crippen LogP contribution >= 0.6 is 0 Å². The predicted molar refractivity (Wildman–Crippen MR) is 89.3 cm³/mol. The maximum Gasteiger partial charge on any atom is 0.416 e. The number of carbonyl (C=O) groups excluding carboxylic acids is 1. The molecule has 0 saturated carbocycles. The third kappa shape index (κ3) is 3.14. The summed E-state index contributed by atoms with van der Waals surface area (Å²) >= 11 is 0. The van der Waals surface area contributed by atoms with Crippen molar-refractivity contribution in [2.75, 3.05) is 12.4 Å². The number of esters is 1. The van der Waals surface area contributed by atoms with Crippen molar-refractivity contribution in [3.63, 3.8) is 0 Å². The third-order valence-corrected chi connectivity index (χ3v) is 4.26. The minimum atomic E-state index is -4.72. The summed E-state index contributed by atoms with van der Waals surface area (Å²) in [6, 6.07) is 4.63. The van der Waals surface area contributed by atoms with Gasteiger partial charge in [-0.15, -0.1) is 0 Å². The largest absolute Gasteiger partial charge is 0.466 e. The number of nitrogens with one attached hydrogen (secondary N) is 3. The molecule has 10 heteroatoms. The van der Waals surface area contributed by atoms with E-state index >= 15 is 0 Å². The zero-order valence-electron chi connectivity index (χ0n) is 14.2. The number of aromatic amines is 2. The fourth-order valence-corrected chi connectivity index (χ4v) is 3.18. The van der Waals surface area contributed by atoms with Crippen molar-refractivity contribution in [1.82, 2.24) is 9.97 Å². The van der Waals surface area contributed by atoms with Crippen molar-refractivity contribution in [3.05, 3.63) is 73.1 Å². The summed E-state index contributed by atoms with van der Waals surface area (Å²) in [5.74, 6) is -2.35. The maximum atomic E-state index is 13.6. The number of hydrogen-bond acceptors (Lipinski definition) is 5. The van der Waals surface area contributed by atoms with Crippen molar-refractivity contribution in [2.45, 2.75) is 19.0 Å². The zero-order valence-corrected chi connectivity index (χ0v) is 14.2. The number of aromatic nitrogens is 2. The van der Waals surface area contributed by atoms with E-state index in [1.165, 1.54) is 25.1 Å². The van der Waals surface area contributed by atoms with Gasteiger partial charge in [0, 0.05) is 5.70 Å². The second kappa shape index (κ2) is 6.45. The smallest absolute Gasteiger partial charge is 0.416 e. The average Bonchev–Trinajstić information content (AvgIpc) is 2.58. The third-order valence-electron chi connectivity index (χ3n) is 4.26. The van der Waals surface area contributed by atoms with Crippen LogP contribution in [0.5, 0.6) is 0 Å². The number of allylic oxidation sites excluding steroid dienone is 1. The number of ether oxygens (including phenoxy) is 1. The van der Waals surface area contributed by atoms with Crippen LogP contribution in [-0.4, -0.2) is 23.0 Å². The Labute approximate surface area is 149 Å². The van der Waals surface area contributed by atoms with Gasteiger partial charge in [0.2, 0.25) is 0 Å². The van der Waals surface area contributed by atoms with E-state index in [2.05, 4.69) is 10.3 Å². The van der Waals surface area contributed by atoms with Crippen LogP contribution in [0.3, 0.4) is 0 Å². The number of methoxy groups -OCH3 is 1. The summed E-state index contributed by atoms with van der Waals surface area (Å²) in [7, 11) is 1.09. The summed E-state index contributed by atoms with van der Waals surface area (Å²) in [5.41, 5.74) is -3.23. The van der Waals surface area contributed by atoms with Gasteiger partial charge in [-0.2, -0.15) is 13.2 Å². The number of carbonyl (C=O) groups is 1. The molecule has 2 heterocycles. The van der Waals surface area contributed by atoms with E-state index in [-0.39, 0.29) is 28.2 Å². The Morgan fingerprint density at radius 2 is 1.81 bits per heavy atom.